The van der Waals surface area contributed by atoms with Gasteiger partial charge in [0.2, 0.25) is 5.91 Å². The number of likely N-dealkylation sites (tertiary alicyclic amines) is 1. The van der Waals surface area contributed by atoms with E-state index in [4.69, 9.17) is 10.2 Å². The van der Waals surface area contributed by atoms with Gasteiger partial charge in [0.05, 0.1) is 0 Å². The SMILES string of the molecule is CCC(O)C(=O)N1CCC[C@H]1C(=O)N[C@@H](CCC(=O)O)C(=O)O. The van der Waals surface area contributed by atoms with Crippen LogP contribution in [0.3, 0.4) is 0 Å². The Balaban J connectivity index is 2.71. The number of aliphatic hydroxyl groups is 1. The highest BCUT2D eigenvalue weighted by molar-refractivity contribution is 5.92. The Labute approximate surface area is 133 Å². The van der Waals surface area contributed by atoms with E-state index in [-0.39, 0.29) is 19.3 Å². The van der Waals surface area contributed by atoms with Gasteiger partial charge in [0.1, 0.15) is 18.2 Å². The molecule has 1 aliphatic heterocycles. The van der Waals surface area contributed by atoms with Crippen LogP contribution in [0.1, 0.15) is 39.0 Å². The van der Waals surface area contributed by atoms with E-state index < -0.39 is 41.9 Å². The van der Waals surface area contributed by atoms with Crippen LogP contribution in [0.4, 0.5) is 0 Å². The Bertz CT molecular complexity index is 480. The summed E-state index contributed by atoms with van der Waals surface area (Å²) >= 11 is 0. The number of amides is 2. The topological polar surface area (TPSA) is 144 Å². The zero-order valence-corrected chi connectivity index (χ0v) is 12.9. The van der Waals surface area contributed by atoms with Crippen molar-refractivity contribution in [3.05, 3.63) is 0 Å². The molecule has 4 N–H and O–H groups in total. The smallest absolute Gasteiger partial charge is 0.326 e. The standard InChI is InChI=1S/C14H22N2O7/c1-2-10(17)13(21)16-7-3-4-9(16)12(20)15-8(14(22)23)5-6-11(18)19/h8-10,17H,2-7H2,1H3,(H,15,20)(H,18,19)(H,22,23)/t8-,9-,10?/m0/s1. The maximum Gasteiger partial charge on any atom is 0.326 e. The van der Waals surface area contributed by atoms with Gasteiger partial charge in [-0.25, -0.2) is 4.79 Å². The summed E-state index contributed by atoms with van der Waals surface area (Å²) in [6, 6.07) is -2.16. The van der Waals surface area contributed by atoms with Crippen molar-refractivity contribution in [1.82, 2.24) is 10.2 Å². The maximum absolute atomic E-state index is 12.2. The van der Waals surface area contributed by atoms with Crippen LogP contribution in [0.25, 0.3) is 0 Å². The molecular formula is C14H22N2O7. The van der Waals surface area contributed by atoms with Crippen LogP contribution >= 0.6 is 0 Å². The van der Waals surface area contributed by atoms with Gasteiger partial charge in [0, 0.05) is 13.0 Å². The molecule has 0 spiro atoms. The second-order valence-corrected chi connectivity index (χ2v) is 5.45. The zero-order chi connectivity index (χ0) is 17.6. The van der Waals surface area contributed by atoms with E-state index in [1.54, 1.807) is 6.92 Å². The van der Waals surface area contributed by atoms with Crippen LogP contribution in [0.2, 0.25) is 0 Å². The lowest BCUT2D eigenvalue weighted by Crippen LogP contribution is -2.52. The second-order valence-electron chi connectivity index (χ2n) is 5.45. The summed E-state index contributed by atoms with van der Waals surface area (Å²) in [5.41, 5.74) is 0. The molecule has 1 unspecified atom stereocenters. The molecule has 130 valence electrons. The fourth-order valence-corrected chi connectivity index (χ4v) is 2.46. The van der Waals surface area contributed by atoms with Crippen molar-refractivity contribution in [3.63, 3.8) is 0 Å². The minimum atomic E-state index is -1.33. The normalized spacial score (nSPS) is 19.9. The van der Waals surface area contributed by atoms with Crippen LogP contribution < -0.4 is 5.32 Å². The number of hydrogen-bond acceptors (Lipinski definition) is 5. The monoisotopic (exact) mass is 330 g/mol. The van der Waals surface area contributed by atoms with E-state index in [1.165, 1.54) is 4.90 Å². The highest BCUT2D eigenvalue weighted by Gasteiger charge is 2.37. The summed E-state index contributed by atoms with van der Waals surface area (Å²) in [5, 5.41) is 29.6. The van der Waals surface area contributed by atoms with Crippen molar-refractivity contribution >= 4 is 23.8 Å². The van der Waals surface area contributed by atoms with Crippen molar-refractivity contribution < 1.29 is 34.5 Å². The van der Waals surface area contributed by atoms with Gasteiger partial charge in [0.15, 0.2) is 0 Å². The molecule has 0 bridgehead atoms. The molecule has 0 aromatic rings. The van der Waals surface area contributed by atoms with E-state index in [2.05, 4.69) is 5.32 Å². The third kappa shape index (κ3) is 5.20. The molecule has 0 radical (unpaired) electrons. The molecule has 1 saturated heterocycles. The number of nitrogens with zero attached hydrogens (tertiary/aromatic N) is 1. The number of carboxylic acid groups (broad SMARTS) is 2. The summed E-state index contributed by atoms with van der Waals surface area (Å²) < 4.78 is 0. The number of carboxylic acids is 2. The molecule has 3 atom stereocenters. The Morgan fingerprint density at radius 2 is 1.91 bits per heavy atom. The molecule has 0 aromatic carbocycles. The Morgan fingerprint density at radius 1 is 1.26 bits per heavy atom. The Kier molecular flexibility index (Phi) is 6.95. The van der Waals surface area contributed by atoms with Crippen molar-refractivity contribution in [3.8, 4) is 0 Å². The highest BCUT2D eigenvalue weighted by Crippen LogP contribution is 2.19. The van der Waals surface area contributed by atoms with E-state index in [1.807, 2.05) is 0 Å². The predicted octanol–water partition coefficient (Wildman–Crippen LogP) is -0.817. The van der Waals surface area contributed by atoms with Gasteiger partial charge in [-0.15, -0.1) is 0 Å². The van der Waals surface area contributed by atoms with Gasteiger partial charge in [-0.1, -0.05) is 6.92 Å². The summed E-state index contributed by atoms with van der Waals surface area (Å²) in [6.45, 7) is 1.96. The molecule has 0 aromatic heterocycles. The van der Waals surface area contributed by atoms with Crippen molar-refractivity contribution in [2.45, 2.75) is 57.2 Å². The van der Waals surface area contributed by atoms with Crippen molar-refractivity contribution in [1.29, 1.82) is 0 Å². The number of rotatable bonds is 8. The van der Waals surface area contributed by atoms with E-state index in [9.17, 15) is 24.3 Å². The van der Waals surface area contributed by atoms with Gasteiger partial charge < -0.3 is 25.5 Å². The minimum Gasteiger partial charge on any atom is -0.481 e. The van der Waals surface area contributed by atoms with E-state index in [0.29, 0.717) is 19.4 Å². The number of carbonyl (C=O) groups is 4. The number of carbonyl (C=O) groups excluding carboxylic acids is 2. The highest BCUT2D eigenvalue weighted by atomic mass is 16.4. The van der Waals surface area contributed by atoms with Gasteiger partial charge in [-0.3, -0.25) is 14.4 Å². The zero-order valence-electron chi connectivity index (χ0n) is 12.9. The molecule has 1 fully saturated rings. The number of hydrogen-bond donors (Lipinski definition) is 4. The first kappa shape index (κ1) is 18.9. The third-order valence-corrected chi connectivity index (χ3v) is 3.77. The molecule has 23 heavy (non-hydrogen) atoms. The minimum absolute atomic E-state index is 0.222. The summed E-state index contributed by atoms with van der Waals surface area (Å²) in [6.07, 6.45) is -0.647. The Hall–Kier alpha value is -2.16. The van der Waals surface area contributed by atoms with E-state index >= 15 is 0 Å². The van der Waals surface area contributed by atoms with Crippen LogP contribution in [-0.4, -0.2) is 68.7 Å². The molecule has 9 nitrogen and oxygen atoms in total. The second kappa shape index (κ2) is 8.47. The fraction of sp³-hybridized carbons (Fsp3) is 0.714. The van der Waals surface area contributed by atoms with Crippen molar-refractivity contribution in [2.75, 3.05) is 6.54 Å². The molecule has 1 heterocycles. The van der Waals surface area contributed by atoms with Crippen LogP contribution in [0, 0.1) is 0 Å². The van der Waals surface area contributed by atoms with Crippen molar-refractivity contribution in [2.24, 2.45) is 0 Å². The first-order chi connectivity index (χ1) is 10.8. The average molecular weight is 330 g/mol. The maximum atomic E-state index is 12.2. The van der Waals surface area contributed by atoms with Gasteiger partial charge >= 0.3 is 11.9 Å². The number of aliphatic hydroxyl groups excluding tert-OH is 1. The van der Waals surface area contributed by atoms with Gasteiger partial charge in [-0.2, -0.15) is 0 Å². The predicted molar refractivity (Wildman–Crippen MR) is 77.5 cm³/mol. The lowest BCUT2D eigenvalue weighted by atomic mass is 10.1. The number of nitrogens with one attached hydrogen (secondary N) is 1. The van der Waals surface area contributed by atoms with Gasteiger partial charge in [0.25, 0.3) is 5.91 Å². The lowest BCUT2D eigenvalue weighted by molar-refractivity contribution is -0.147. The molecular weight excluding hydrogens is 308 g/mol. The fourth-order valence-electron chi connectivity index (χ4n) is 2.46. The average Bonchev–Trinajstić information content (AvgIpc) is 2.98. The molecule has 1 aliphatic rings. The Morgan fingerprint density at radius 3 is 2.43 bits per heavy atom. The van der Waals surface area contributed by atoms with E-state index in [0.717, 1.165) is 0 Å². The summed E-state index contributed by atoms with van der Waals surface area (Å²) in [5.74, 6) is -3.68. The first-order valence-corrected chi connectivity index (χ1v) is 7.51. The van der Waals surface area contributed by atoms with Crippen LogP contribution in [0.5, 0.6) is 0 Å². The van der Waals surface area contributed by atoms with Gasteiger partial charge in [-0.05, 0) is 25.7 Å². The molecule has 2 amide bonds. The lowest BCUT2D eigenvalue weighted by Gasteiger charge is -2.27. The van der Waals surface area contributed by atoms with Crippen LogP contribution in [-0.2, 0) is 19.2 Å². The molecule has 0 saturated carbocycles. The van der Waals surface area contributed by atoms with Crippen LogP contribution in [0.15, 0.2) is 0 Å². The number of aliphatic carboxylic acids is 2. The first-order valence-electron chi connectivity index (χ1n) is 7.51. The quantitative estimate of drug-likeness (QED) is 0.455. The molecule has 1 rings (SSSR count). The third-order valence-electron chi connectivity index (χ3n) is 3.77. The molecule has 9 heteroatoms. The largest absolute Gasteiger partial charge is 0.481 e. The summed E-state index contributed by atoms with van der Waals surface area (Å²) in [4.78, 5) is 47.1. The summed E-state index contributed by atoms with van der Waals surface area (Å²) in [7, 11) is 0. The molecule has 0 aliphatic carbocycles.